The Balaban J connectivity index is 1.76. The number of imidazole rings is 1. The highest BCUT2D eigenvalue weighted by molar-refractivity contribution is 7.85. The van der Waals surface area contributed by atoms with E-state index in [4.69, 9.17) is 4.52 Å². The van der Waals surface area contributed by atoms with Crippen molar-refractivity contribution in [2.75, 3.05) is 0 Å². The molecular formula is C16H18N4O2S. The maximum absolute atomic E-state index is 12.7. The van der Waals surface area contributed by atoms with E-state index in [1.54, 1.807) is 6.20 Å². The van der Waals surface area contributed by atoms with E-state index in [0.29, 0.717) is 23.3 Å². The smallest absolute Gasteiger partial charge is 0.242 e. The monoisotopic (exact) mass is 330 g/mol. The second-order valence-corrected chi connectivity index (χ2v) is 6.81. The first kappa shape index (κ1) is 15.6. The number of aromatic nitrogens is 4. The first-order chi connectivity index (χ1) is 11.2. The van der Waals surface area contributed by atoms with Gasteiger partial charge in [0.15, 0.2) is 11.0 Å². The molecule has 2 aromatic heterocycles. The lowest BCUT2D eigenvalue weighted by Gasteiger charge is -2.07. The first-order valence-corrected chi connectivity index (χ1v) is 8.68. The molecule has 0 aliphatic heterocycles. The van der Waals surface area contributed by atoms with Crippen LogP contribution in [0.3, 0.4) is 0 Å². The third kappa shape index (κ3) is 3.39. The maximum atomic E-state index is 12.7. The van der Waals surface area contributed by atoms with Crippen molar-refractivity contribution in [2.24, 2.45) is 0 Å². The highest BCUT2D eigenvalue weighted by Crippen LogP contribution is 2.23. The standard InChI is InChI=1S/C16H18N4O2S/c1-3-20-10-9-17-16(20)23(21)12(2)15-18-14(19-22-15)11-13-7-5-4-6-8-13/h4-10,12H,3,11H2,1-2H3/t12-,23+/m0/s1. The molecule has 0 saturated carbocycles. The van der Waals surface area contributed by atoms with Crippen LogP contribution in [0.15, 0.2) is 52.4 Å². The van der Waals surface area contributed by atoms with Crippen molar-refractivity contribution in [3.63, 3.8) is 0 Å². The average molecular weight is 330 g/mol. The van der Waals surface area contributed by atoms with Crippen LogP contribution in [0.5, 0.6) is 0 Å². The lowest BCUT2D eigenvalue weighted by molar-refractivity contribution is 0.373. The zero-order chi connectivity index (χ0) is 16.2. The third-order valence-electron chi connectivity index (χ3n) is 3.56. The molecule has 0 aliphatic carbocycles. The molecule has 0 N–H and O–H groups in total. The molecule has 7 heteroatoms. The van der Waals surface area contributed by atoms with Crippen LogP contribution in [0.2, 0.25) is 0 Å². The fourth-order valence-corrected chi connectivity index (χ4v) is 3.44. The third-order valence-corrected chi connectivity index (χ3v) is 5.10. The van der Waals surface area contributed by atoms with Gasteiger partial charge in [0.05, 0.1) is 0 Å². The van der Waals surface area contributed by atoms with Gasteiger partial charge in [-0.25, -0.2) is 4.98 Å². The molecule has 0 saturated heterocycles. The van der Waals surface area contributed by atoms with Gasteiger partial charge in [0.25, 0.3) is 0 Å². The van der Waals surface area contributed by atoms with Crippen LogP contribution in [0.25, 0.3) is 0 Å². The highest BCUT2D eigenvalue weighted by Gasteiger charge is 2.25. The van der Waals surface area contributed by atoms with Gasteiger partial charge in [-0.1, -0.05) is 35.5 Å². The normalized spacial score (nSPS) is 13.8. The van der Waals surface area contributed by atoms with Gasteiger partial charge in [-0.3, -0.25) is 4.21 Å². The van der Waals surface area contributed by atoms with E-state index < -0.39 is 16.0 Å². The second-order valence-electron chi connectivity index (χ2n) is 5.15. The maximum Gasteiger partial charge on any atom is 0.242 e. The summed E-state index contributed by atoms with van der Waals surface area (Å²) >= 11 is 0. The predicted octanol–water partition coefficient (Wildman–Crippen LogP) is 2.75. The molecular weight excluding hydrogens is 312 g/mol. The number of hydrogen-bond acceptors (Lipinski definition) is 5. The zero-order valence-corrected chi connectivity index (χ0v) is 13.9. The van der Waals surface area contributed by atoms with Crippen molar-refractivity contribution in [1.29, 1.82) is 0 Å². The first-order valence-electron chi connectivity index (χ1n) is 7.47. The van der Waals surface area contributed by atoms with Gasteiger partial charge in [-0.2, -0.15) is 4.98 Å². The number of hydrogen-bond donors (Lipinski definition) is 0. The second kappa shape index (κ2) is 6.87. The van der Waals surface area contributed by atoms with Gasteiger partial charge >= 0.3 is 0 Å². The number of benzene rings is 1. The molecule has 3 aromatic rings. The summed E-state index contributed by atoms with van der Waals surface area (Å²) in [6, 6.07) is 9.93. The summed E-state index contributed by atoms with van der Waals surface area (Å²) in [4.78, 5) is 8.57. The topological polar surface area (TPSA) is 73.8 Å². The Kier molecular flexibility index (Phi) is 4.66. The van der Waals surface area contributed by atoms with Gasteiger partial charge in [0, 0.05) is 25.4 Å². The Morgan fingerprint density at radius 1 is 1.30 bits per heavy atom. The van der Waals surface area contributed by atoms with Crippen molar-refractivity contribution >= 4 is 10.8 Å². The molecule has 0 fully saturated rings. The Hall–Kier alpha value is -2.28. The van der Waals surface area contributed by atoms with Crippen molar-refractivity contribution < 1.29 is 8.73 Å². The minimum absolute atomic E-state index is 0.375. The van der Waals surface area contributed by atoms with Gasteiger partial charge < -0.3 is 9.09 Å². The van der Waals surface area contributed by atoms with E-state index >= 15 is 0 Å². The minimum atomic E-state index is -1.34. The molecule has 6 nitrogen and oxygen atoms in total. The number of rotatable bonds is 6. The predicted molar refractivity (Wildman–Crippen MR) is 86.3 cm³/mol. The minimum Gasteiger partial charge on any atom is -0.338 e. The van der Waals surface area contributed by atoms with Crippen LogP contribution in [-0.2, 0) is 23.8 Å². The van der Waals surface area contributed by atoms with Crippen LogP contribution < -0.4 is 0 Å². The summed E-state index contributed by atoms with van der Waals surface area (Å²) in [5.74, 6) is 0.966. The fourth-order valence-electron chi connectivity index (χ4n) is 2.26. The molecule has 0 amide bonds. The molecule has 0 radical (unpaired) electrons. The quantitative estimate of drug-likeness (QED) is 0.695. The van der Waals surface area contributed by atoms with Crippen LogP contribution in [0, 0.1) is 0 Å². The average Bonchev–Trinajstić information content (AvgIpc) is 3.23. The Morgan fingerprint density at radius 3 is 2.83 bits per heavy atom. The van der Waals surface area contributed by atoms with Crippen LogP contribution in [-0.4, -0.2) is 23.9 Å². The lowest BCUT2D eigenvalue weighted by atomic mass is 10.1. The van der Waals surface area contributed by atoms with Gasteiger partial charge in [-0.15, -0.1) is 0 Å². The summed E-state index contributed by atoms with van der Waals surface area (Å²) in [6.45, 7) is 4.51. The zero-order valence-electron chi connectivity index (χ0n) is 13.0. The van der Waals surface area contributed by atoms with E-state index in [1.807, 2.05) is 54.9 Å². The van der Waals surface area contributed by atoms with Crippen molar-refractivity contribution in [1.82, 2.24) is 19.7 Å². The van der Waals surface area contributed by atoms with E-state index in [0.717, 1.165) is 12.1 Å². The number of nitrogens with zero attached hydrogens (tertiary/aromatic N) is 4. The van der Waals surface area contributed by atoms with E-state index in [2.05, 4.69) is 15.1 Å². The summed E-state index contributed by atoms with van der Waals surface area (Å²) in [5, 5.41) is 4.12. The number of aryl methyl sites for hydroxylation is 1. The Morgan fingerprint density at radius 2 is 2.09 bits per heavy atom. The Bertz CT molecular complexity index is 797. The van der Waals surface area contributed by atoms with E-state index in [-0.39, 0.29) is 0 Å². The van der Waals surface area contributed by atoms with Crippen LogP contribution in [0.4, 0.5) is 0 Å². The van der Waals surface area contributed by atoms with Crippen LogP contribution in [0.1, 0.15) is 36.4 Å². The van der Waals surface area contributed by atoms with E-state index in [9.17, 15) is 4.21 Å². The largest absolute Gasteiger partial charge is 0.338 e. The Labute approximate surface area is 137 Å². The summed E-state index contributed by atoms with van der Waals surface area (Å²) in [5.41, 5.74) is 1.11. The summed E-state index contributed by atoms with van der Waals surface area (Å²) in [7, 11) is -1.34. The summed E-state index contributed by atoms with van der Waals surface area (Å²) < 4.78 is 19.8. The lowest BCUT2D eigenvalue weighted by Crippen LogP contribution is -2.10. The molecule has 2 heterocycles. The van der Waals surface area contributed by atoms with Gasteiger partial charge in [-0.05, 0) is 19.4 Å². The fraction of sp³-hybridized carbons (Fsp3) is 0.312. The molecule has 0 unspecified atom stereocenters. The van der Waals surface area contributed by atoms with Crippen molar-refractivity contribution in [2.45, 2.75) is 37.2 Å². The molecule has 0 bridgehead atoms. The highest BCUT2D eigenvalue weighted by atomic mass is 32.2. The van der Waals surface area contributed by atoms with Crippen molar-refractivity contribution in [3.05, 3.63) is 60.0 Å². The molecule has 120 valence electrons. The van der Waals surface area contributed by atoms with E-state index in [1.165, 1.54) is 0 Å². The van der Waals surface area contributed by atoms with Gasteiger partial charge in [0.1, 0.15) is 16.0 Å². The molecule has 2 atom stereocenters. The van der Waals surface area contributed by atoms with Gasteiger partial charge in [0.2, 0.25) is 5.89 Å². The molecule has 1 aromatic carbocycles. The molecule has 23 heavy (non-hydrogen) atoms. The molecule has 0 spiro atoms. The van der Waals surface area contributed by atoms with Crippen molar-refractivity contribution in [3.8, 4) is 0 Å². The summed E-state index contributed by atoms with van der Waals surface area (Å²) in [6.07, 6.45) is 4.06. The van der Waals surface area contributed by atoms with Crippen LogP contribution >= 0.6 is 0 Å². The molecule has 0 aliphatic rings. The SMILES string of the molecule is CCn1ccnc1[S@](=O)[C@@H](C)c1nc(Cc2ccccc2)no1. The molecule has 3 rings (SSSR count).